The van der Waals surface area contributed by atoms with Crippen molar-refractivity contribution in [1.29, 1.82) is 0 Å². The minimum absolute atomic E-state index is 0.233. The summed E-state index contributed by atoms with van der Waals surface area (Å²) >= 11 is 0. The van der Waals surface area contributed by atoms with Crippen molar-refractivity contribution in [2.45, 2.75) is 13.5 Å². The molecule has 3 rings (SSSR count). The molecule has 0 fully saturated rings. The maximum absolute atomic E-state index is 13.4. The number of hydrogen-bond acceptors (Lipinski definition) is 3. The topological polar surface area (TPSA) is 57.9 Å². The molecule has 108 valence electrons. The van der Waals surface area contributed by atoms with Crippen LogP contribution in [0.3, 0.4) is 0 Å². The Balaban J connectivity index is 1.88. The monoisotopic (exact) mass is 284 g/mol. The van der Waals surface area contributed by atoms with Crippen LogP contribution in [0.1, 0.15) is 12.7 Å². The van der Waals surface area contributed by atoms with Crippen molar-refractivity contribution >= 4 is 22.4 Å². The van der Waals surface area contributed by atoms with Crippen molar-refractivity contribution in [3.05, 3.63) is 54.1 Å². The number of aromatic nitrogens is 2. The van der Waals surface area contributed by atoms with Gasteiger partial charge in [0.1, 0.15) is 11.6 Å². The molecule has 2 aromatic carbocycles. The van der Waals surface area contributed by atoms with Crippen LogP contribution in [-0.2, 0) is 6.54 Å². The standard InChI is InChI=1S/C16H17FN4/c1-2-21(13-5-3-4-11(17)8-13)10-16-19-14-7-6-12(18)9-15(14)20-16/h3-9H,2,10,18H2,1H3,(H,19,20). The molecule has 3 aromatic rings. The number of anilines is 2. The number of rotatable bonds is 4. The first-order chi connectivity index (χ1) is 10.2. The van der Waals surface area contributed by atoms with Gasteiger partial charge < -0.3 is 15.6 Å². The Morgan fingerprint density at radius 3 is 2.86 bits per heavy atom. The van der Waals surface area contributed by atoms with Gasteiger partial charge in [0.15, 0.2) is 0 Å². The van der Waals surface area contributed by atoms with Crippen molar-refractivity contribution < 1.29 is 4.39 Å². The fourth-order valence-corrected chi connectivity index (χ4v) is 2.39. The molecule has 0 saturated carbocycles. The molecule has 0 aliphatic carbocycles. The molecule has 0 saturated heterocycles. The lowest BCUT2D eigenvalue weighted by atomic mass is 10.2. The molecule has 0 unspecified atom stereocenters. The fraction of sp³-hybridized carbons (Fsp3) is 0.188. The van der Waals surface area contributed by atoms with E-state index in [0.29, 0.717) is 12.2 Å². The predicted molar refractivity (Wildman–Crippen MR) is 83.6 cm³/mol. The second kappa shape index (κ2) is 5.44. The number of fused-ring (bicyclic) bond motifs is 1. The molecule has 0 aliphatic rings. The summed E-state index contributed by atoms with van der Waals surface area (Å²) in [5, 5.41) is 0. The maximum atomic E-state index is 13.4. The van der Waals surface area contributed by atoms with Crippen LogP contribution < -0.4 is 10.6 Å². The largest absolute Gasteiger partial charge is 0.399 e. The first-order valence-corrected chi connectivity index (χ1v) is 6.90. The summed E-state index contributed by atoms with van der Waals surface area (Å²) in [5.74, 6) is 0.602. The van der Waals surface area contributed by atoms with Crippen molar-refractivity contribution in [2.75, 3.05) is 17.2 Å². The molecular weight excluding hydrogens is 267 g/mol. The Hall–Kier alpha value is -2.56. The van der Waals surface area contributed by atoms with E-state index in [4.69, 9.17) is 5.73 Å². The first kappa shape index (κ1) is 13.4. The summed E-state index contributed by atoms with van der Waals surface area (Å²) < 4.78 is 13.4. The highest BCUT2D eigenvalue weighted by molar-refractivity contribution is 5.78. The molecule has 3 N–H and O–H groups in total. The minimum atomic E-state index is -0.233. The predicted octanol–water partition coefficient (Wildman–Crippen LogP) is 3.31. The molecule has 0 bridgehead atoms. The first-order valence-electron chi connectivity index (χ1n) is 6.90. The number of halogens is 1. The molecular formula is C16H17FN4. The number of nitrogens with zero attached hydrogens (tertiary/aromatic N) is 2. The Bertz CT molecular complexity index is 766. The number of nitrogens with one attached hydrogen (secondary N) is 1. The van der Waals surface area contributed by atoms with Gasteiger partial charge in [-0.25, -0.2) is 9.37 Å². The summed E-state index contributed by atoms with van der Waals surface area (Å²) in [6, 6.07) is 12.2. The van der Waals surface area contributed by atoms with E-state index in [1.807, 2.05) is 31.2 Å². The SMILES string of the molecule is CCN(Cc1nc2ccc(N)cc2[nH]1)c1cccc(F)c1. The highest BCUT2D eigenvalue weighted by Gasteiger charge is 2.09. The van der Waals surface area contributed by atoms with Gasteiger partial charge in [-0.05, 0) is 43.3 Å². The zero-order chi connectivity index (χ0) is 14.8. The van der Waals surface area contributed by atoms with Crippen LogP contribution >= 0.6 is 0 Å². The van der Waals surface area contributed by atoms with E-state index in [-0.39, 0.29) is 5.82 Å². The summed E-state index contributed by atoms with van der Waals surface area (Å²) in [6.07, 6.45) is 0. The van der Waals surface area contributed by atoms with E-state index in [2.05, 4.69) is 14.9 Å². The fourth-order valence-electron chi connectivity index (χ4n) is 2.39. The normalized spacial score (nSPS) is 11.0. The van der Waals surface area contributed by atoms with Gasteiger partial charge in [0, 0.05) is 17.9 Å². The quantitative estimate of drug-likeness (QED) is 0.723. The molecule has 0 spiro atoms. The van der Waals surface area contributed by atoms with Crippen LogP contribution in [0.4, 0.5) is 15.8 Å². The van der Waals surface area contributed by atoms with Crippen molar-refractivity contribution in [3.63, 3.8) is 0 Å². The van der Waals surface area contributed by atoms with Crippen molar-refractivity contribution in [2.24, 2.45) is 0 Å². The highest BCUT2D eigenvalue weighted by atomic mass is 19.1. The molecule has 1 heterocycles. The summed E-state index contributed by atoms with van der Waals surface area (Å²) in [7, 11) is 0. The lowest BCUT2D eigenvalue weighted by molar-refractivity contribution is 0.626. The molecule has 0 aliphatic heterocycles. The average Bonchev–Trinajstić information content (AvgIpc) is 2.86. The van der Waals surface area contributed by atoms with Gasteiger partial charge in [-0.3, -0.25) is 0 Å². The van der Waals surface area contributed by atoms with Crippen LogP contribution in [0.5, 0.6) is 0 Å². The van der Waals surface area contributed by atoms with E-state index in [0.717, 1.165) is 29.1 Å². The second-order valence-corrected chi connectivity index (χ2v) is 4.95. The zero-order valence-corrected chi connectivity index (χ0v) is 11.8. The minimum Gasteiger partial charge on any atom is -0.399 e. The van der Waals surface area contributed by atoms with Crippen LogP contribution in [0.25, 0.3) is 11.0 Å². The molecule has 5 heteroatoms. The summed E-state index contributed by atoms with van der Waals surface area (Å²) in [5.41, 5.74) is 9.12. The average molecular weight is 284 g/mol. The summed E-state index contributed by atoms with van der Waals surface area (Å²) in [4.78, 5) is 9.86. The van der Waals surface area contributed by atoms with Crippen LogP contribution in [0.2, 0.25) is 0 Å². The number of nitrogens with two attached hydrogens (primary N) is 1. The van der Waals surface area contributed by atoms with E-state index in [1.54, 1.807) is 6.07 Å². The third-order valence-corrected chi connectivity index (χ3v) is 3.45. The van der Waals surface area contributed by atoms with E-state index < -0.39 is 0 Å². The van der Waals surface area contributed by atoms with Gasteiger partial charge in [0.05, 0.1) is 17.6 Å². The Morgan fingerprint density at radius 2 is 2.10 bits per heavy atom. The number of nitrogen functional groups attached to an aromatic ring is 1. The van der Waals surface area contributed by atoms with Crippen molar-refractivity contribution in [3.8, 4) is 0 Å². The third-order valence-electron chi connectivity index (χ3n) is 3.45. The Kier molecular flexibility index (Phi) is 3.48. The van der Waals surface area contributed by atoms with E-state index in [1.165, 1.54) is 12.1 Å². The maximum Gasteiger partial charge on any atom is 0.126 e. The molecule has 0 amide bonds. The number of aromatic amines is 1. The molecule has 21 heavy (non-hydrogen) atoms. The lowest BCUT2D eigenvalue weighted by Gasteiger charge is -2.21. The molecule has 4 nitrogen and oxygen atoms in total. The second-order valence-electron chi connectivity index (χ2n) is 4.95. The number of benzene rings is 2. The molecule has 0 radical (unpaired) electrons. The van der Waals surface area contributed by atoms with Gasteiger partial charge in [-0.15, -0.1) is 0 Å². The van der Waals surface area contributed by atoms with E-state index in [9.17, 15) is 4.39 Å². The van der Waals surface area contributed by atoms with Crippen LogP contribution in [0.15, 0.2) is 42.5 Å². The van der Waals surface area contributed by atoms with Gasteiger partial charge in [0.2, 0.25) is 0 Å². The lowest BCUT2D eigenvalue weighted by Crippen LogP contribution is -2.22. The van der Waals surface area contributed by atoms with Gasteiger partial charge in [-0.2, -0.15) is 0 Å². The van der Waals surface area contributed by atoms with Crippen LogP contribution in [-0.4, -0.2) is 16.5 Å². The van der Waals surface area contributed by atoms with Crippen LogP contribution in [0, 0.1) is 5.82 Å². The molecule has 0 atom stereocenters. The van der Waals surface area contributed by atoms with Gasteiger partial charge in [-0.1, -0.05) is 6.07 Å². The number of H-pyrrole nitrogens is 1. The smallest absolute Gasteiger partial charge is 0.126 e. The van der Waals surface area contributed by atoms with Crippen molar-refractivity contribution in [1.82, 2.24) is 9.97 Å². The van der Waals surface area contributed by atoms with Gasteiger partial charge in [0.25, 0.3) is 0 Å². The Morgan fingerprint density at radius 1 is 1.24 bits per heavy atom. The Labute approximate surface area is 122 Å². The third kappa shape index (κ3) is 2.81. The zero-order valence-electron chi connectivity index (χ0n) is 11.8. The van der Waals surface area contributed by atoms with E-state index >= 15 is 0 Å². The summed E-state index contributed by atoms with van der Waals surface area (Å²) in [6.45, 7) is 3.39. The molecule has 1 aromatic heterocycles. The number of imidazole rings is 1. The highest BCUT2D eigenvalue weighted by Crippen LogP contribution is 2.20. The van der Waals surface area contributed by atoms with Gasteiger partial charge >= 0.3 is 0 Å². The number of hydrogen-bond donors (Lipinski definition) is 2.